The third-order valence-electron chi connectivity index (χ3n) is 5.65. The second-order valence-electron chi connectivity index (χ2n) is 7.55. The molecule has 1 saturated heterocycles. The predicted molar refractivity (Wildman–Crippen MR) is 108 cm³/mol. The van der Waals surface area contributed by atoms with Gasteiger partial charge in [0, 0.05) is 32.2 Å². The molecule has 28 heavy (non-hydrogen) atoms. The van der Waals surface area contributed by atoms with Crippen LogP contribution in [0, 0.1) is 5.92 Å². The minimum Gasteiger partial charge on any atom is -0.406 e. The first kappa shape index (κ1) is 25.3. The van der Waals surface area contributed by atoms with Crippen LogP contribution in [-0.2, 0) is 6.42 Å². The third kappa shape index (κ3) is 6.39. The molecule has 0 aromatic heterocycles. The Bertz CT molecular complexity index is 615. The molecule has 1 aliphatic heterocycles. The Morgan fingerprint density at radius 1 is 1.25 bits per heavy atom. The topological polar surface area (TPSA) is 44.7 Å². The molecule has 0 amide bonds. The number of halogens is 5. The van der Waals surface area contributed by atoms with Crippen molar-refractivity contribution < 1.29 is 23.0 Å². The van der Waals surface area contributed by atoms with Gasteiger partial charge in [0.15, 0.2) is 0 Å². The smallest absolute Gasteiger partial charge is 0.406 e. The number of rotatable bonds is 5. The Morgan fingerprint density at radius 2 is 1.93 bits per heavy atom. The number of hydrogen-bond donors (Lipinski definition) is 2. The van der Waals surface area contributed by atoms with Crippen molar-refractivity contribution in [3.8, 4) is 5.75 Å². The van der Waals surface area contributed by atoms with Crippen LogP contribution >= 0.6 is 24.8 Å². The van der Waals surface area contributed by atoms with Crippen molar-refractivity contribution in [2.24, 2.45) is 5.92 Å². The Kier molecular flexibility index (Phi) is 9.35. The standard InChI is InChI=1S/C19H27F3N2O2.2ClH/c1-14-5-7-18(25,17(14)24-11-9-23-10-12-24)8-6-15-3-2-4-16(13-15)26-19(20,21)22;;/h2-4,13-14,17,23,25H,5-12H2,1H3;2*1H/t14-,17?,18?;;/m1../s1. The molecule has 0 bridgehead atoms. The molecular weight excluding hydrogens is 416 g/mol. The maximum atomic E-state index is 12.4. The second kappa shape index (κ2) is 10.3. The summed E-state index contributed by atoms with van der Waals surface area (Å²) in [6.07, 6.45) is -1.91. The summed E-state index contributed by atoms with van der Waals surface area (Å²) in [7, 11) is 0. The number of hydrogen-bond acceptors (Lipinski definition) is 4. The van der Waals surface area contributed by atoms with E-state index in [9.17, 15) is 18.3 Å². The molecule has 2 aliphatic rings. The van der Waals surface area contributed by atoms with E-state index in [1.807, 2.05) is 0 Å². The molecule has 162 valence electrons. The van der Waals surface area contributed by atoms with Gasteiger partial charge in [0.05, 0.1) is 5.60 Å². The number of ether oxygens (including phenoxy) is 1. The quantitative estimate of drug-likeness (QED) is 0.724. The summed E-state index contributed by atoms with van der Waals surface area (Å²) < 4.78 is 41.2. The molecule has 2 fully saturated rings. The zero-order valence-corrected chi connectivity index (χ0v) is 17.5. The van der Waals surface area contributed by atoms with Gasteiger partial charge in [-0.2, -0.15) is 0 Å². The number of aryl methyl sites for hydroxylation is 1. The highest BCUT2D eigenvalue weighted by molar-refractivity contribution is 5.85. The van der Waals surface area contributed by atoms with Crippen LogP contribution in [0.25, 0.3) is 0 Å². The van der Waals surface area contributed by atoms with Crippen molar-refractivity contribution in [3.63, 3.8) is 0 Å². The van der Waals surface area contributed by atoms with E-state index in [4.69, 9.17) is 0 Å². The highest BCUT2D eigenvalue weighted by Crippen LogP contribution is 2.41. The van der Waals surface area contributed by atoms with Gasteiger partial charge >= 0.3 is 6.36 Å². The number of aliphatic hydroxyl groups is 1. The lowest BCUT2D eigenvalue weighted by Crippen LogP contribution is -2.57. The average Bonchev–Trinajstić information content (AvgIpc) is 2.88. The van der Waals surface area contributed by atoms with Gasteiger partial charge in [-0.15, -0.1) is 38.0 Å². The molecule has 4 nitrogen and oxygen atoms in total. The highest BCUT2D eigenvalue weighted by Gasteiger charge is 2.47. The molecule has 1 aliphatic carbocycles. The van der Waals surface area contributed by atoms with Crippen molar-refractivity contribution in [1.29, 1.82) is 0 Å². The van der Waals surface area contributed by atoms with E-state index >= 15 is 0 Å². The minimum atomic E-state index is -4.69. The average molecular weight is 445 g/mol. The Labute approximate surface area is 176 Å². The van der Waals surface area contributed by atoms with Crippen LogP contribution in [0.3, 0.4) is 0 Å². The molecule has 2 unspecified atom stereocenters. The van der Waals surface area contributed by atoms with Gasteiger partial charge in [0.1, 0.15) is 5.75 Å². The van der Waals surface area contributed by atoms with Gasteiger partial charge in [0.2, 0.25) is 0 Å². The molecule has 2 N–H and O–H groups in total. The molecule has 1 heterocycles. The van der Waals surface area contributed by atoms with Gasteiger partial charge < -0.3 is 15.2 Å². The number of alkyl halides is 3. The first-order valence-corrected chi connectivity index (χ1v) is 9.29. The lowest BCUT2D eigenvalue weighted by atomic mass is 9.86. The van der Waals surface area contributed by atoms with Gasteiger partial charge in [-0.3, -0.25) is 4.90 Å². The second-order valence-corrected chi connectivity index (χ2v) is 7.55. The van der Waals surface area contributed by atoms with E-state index in [2.05, 4.69) is 21.9 Å². The van der Waals surface area contributed by atoms with Crippen molar-refractivity contribution in [1.82, 2.24) is 10.2 Å². The van der Waals surface area contributed by atoms with Crippen LogP contribution in [0.15, 0.2) is 24.3 Å². The zero-order chi connectivity index (χ0) is 18.8. The first-order valence-electron chi connectivity index (χ1n) is 9.29. The third-order valence-corrected chi connectivity index (χ3v) is 5.65. The van der Waals surface area contributed by atoms with Crippen molar-refractivity contribution >= 4 is 24.8 Å². The van der Waals surface area contributed by atoms with Crippen LogP contribution in [0.4, 0.5) is 13.2 Å². The Hall–Kier alpha value is -0.730. The largest absolute Gasteiger partial charge is 0.573 e. The van der Waals surface area contributed by atoms with Crippen LogP contribution in [0.2, 0.25) is 0 Å². The molecule has 9 heteroatoms. The van der Waals surface area contributed by atoms with E-state index < -0.39 is 12.0 Å². The molecule has 1 aromatic rings. The molecule has 3 rings (SSSR count). The monoisotopic (exact) mass is 444 g/mol. The number of benzene rings is 1. The van der Waals surface area contributed by atoms with E-state index in [0.717, 1.165) is 44.6 Å². The number of nitrogens with one attached hydrogen (secondary N) is 1. The first-order chi connectivity index (χ1) is 12.3. The van der Waals surface area contributed by atoms with E-state index in [1.54, 1.807) is 12.1 Å². The molecule has 3 atom stereocenters. The lowest BCUT2D eigenvalue weighted by Gasteiger charge is -2.42. The van der Waals surface area contributed by atoms with Crippen molar-refractivity contribution in [3.05, 3.63) is 29.8 Å². The van der Waals surface area contributed by atoms with Crippen molar-refractivity contribution in [2.75, 3.05) is 26.2 Å². The summed E-state index contributed by atoms with van der Waals surface area (Å²) in [6, 6.07) is 6.16. The summed E-state index contributed by atoms with van der Waals surface area (Å²) in [5.74, 6) is 0.207. The molecule has 0 spiro atoms. The van der Waals surface area contributed by atoms with Crippen LogP contribution in [0.1, 0.15) is 31.7 Å². The van der Waals surface area contributed by atoms with Crippen molar-refractivity contribution in [2.45, 2.75) is 50.6 Å². The van der Waals surface area contributed by atoms with Gasteiger partial charge in [0.25, 0.3) is 0 Å². The predicted octanol–water partition coefficient (Wildman–Crippen LogP) is 3.80. The fraction of sp³-hybridized carbons (Fsp3) is 0.684. The van der Waals surface area contributed by atoms with Crippen LogP contribution in [-0.4, -0.2) is 54.2 Å². The summed E-state index contributed by atoms with van der Waals surface area (Å²) >= 11 is 0. The van der Waals surface area contributed by atoms with Gasteiger partial charge in [-0.1, -0.05) is 19.1 Å². The van der Waals surface area contributed by atoms with E-state index in [1.165, 1.54) is 12.1 Å². The minimum absolute atomic E-state index is 0. The van der Waals surface area contributed by atoms with E-state index in [0.29, 0.717) is 18.8 Å². The van der Waals surface area contributed by atoms with Gasteiger partial charge in [-0.25, -0.2) is 0 Å². The Balaban J connectivity index is 0.00000196. The van der Waals surface area contributed by atoms with E-state index in [-0.39, 0.29) is 36.6 Å². The zero-order valence-electron chi connectivity index (χ0n) is 15.9. The molecular formula is C19H29Cl2F3N2O2. The molecule has 1 saturated carbocycles. The maximum Gasteiger partial charge on any atom is 0.573 e. The highest BCUT2D eigenvalue weighted by atomic mass is 35.5. The summed E-state index contributed by atoms with van der Waals surface area (Å²) in [4.78, 5) is 2.37. The summed E-state index contributed by atoms with van der Waals surface area (Å²) in [5.41, 5.74) is -0.0451. The number of nitrogens with zero attached hydrogens (tertiary/aromatic N) is 1. The van der Waals surface area contributed by atoms with Crippen LogP contribution < -0.4 is 10.1 Å². The Morgan fingerprint density at radius 3 is 2.57 bits per heavy atom. The normalized spacial score (nSPS) is 28.3. The van der Waals surface area contributed by atoms with Crippen LogP contribution in [0.5, 0.6) is 5.75 Å². The molecule has 0 radical (unpaired) electrons. The van der Waals surface area contributed by atoms with Gasteiger partial charge in [-0.05, 0) is 49.3 Å². The lowest BCUT2D eigenvalue weighted by molar-refractivity contribution is -0.274. The fourth-order valence-electron chi connectivity index (χ4n) is 4.50. The molecule has 1 aromatic carbocycles. The number of piperazine rings is 1. The SMILES string of the molecule is C[C@@H]1CCC(O)(CCc2cccc(OC(F)(F)F)c2)C1N1CCNCC1.Cl.Cl. The summed E-state index contributed by atoms with van der Waals surface area (Å²) in [5, 5.41) is 14.7. The summed E-state index contributed by atoms with van der Waals surface area (Å²) in [6.45, 7) is 5.88. The fourth-order valence-corrected chi connectivity index (χ4v) is 4.50. The maximum absolute atomic E-state index is 12.4.